The zero-order valence-corrected chi connectivity index (χ0v) is 15.4. The Labute approximate surface area is 155 Å². The second-order valence-corrected chi connectivity index (χ2v) is 6.54. The molecule has 1 amide bonds. The smallest absolute Gasteiger partial charge is 0.260 e. The maximum Gasteiger partial charge on any atom is 0.260 e. The van der Waals surface area contributed by atoms with E-state index in [1.807, 2.05) is 60.8 Å². The minimum atomic E-state index is -0.0903. The SMILES string of the molecule is CN(Cc1cnn(-c2ccccc2)c1)C(=O)COc1cccc(Br)c1. The quantitative estimate of drug-likeness (QED) is 0.635. The van der Waals surface area contributed by atoms with E-state index in [1.165, 1.54) is 0 Å². The molecule has 0 atom stereocenters. The molecule has 0 aliphatic carbocycles. The minimum absolute atomic E-state index is 0.000222. The molecule has 0 unspecified atom stereocenters. The number of likely N-dealkylation sites (N-methyl/N-ethyl adjacent to an activating group) is 1. The highest BCUT2D eigenvalue weighted by molar-refractivity contribution is 9.10. The summed E-state index contributed by atoms with van der Waals surface area (Å²) in [5, 5.41) is 4.34. The van der Waals surface area contributed by atoms with Gasteiger partial charge in [0.2, 0.25) is 0 Å². The molecule has 6 heteroatoms. The highest BCUT2D eigenvalue weighted by atomic mass is 79.9. The van der Waals surface area contributed by atoms with Crippen molar-refractivity contribution in [2.45, 2.75) is 6.54 Å². The van der Waals surface area contributed by atoms with Gasteiger partial charge in [-0.05, 0) is 30.3 Å². The number of halogens is 1. The Balaban J connectivity index is 1.56. The first kappa shape index (κ1) is 17.2. The summed E-state index contributed by atoms with van der Waals surface area (Å²) < 4.78 is 8.25. The topological polar surface area (TPSA) is 47.4 Å². The van der Waals surface area contributed by atoms with Crippen LogP contribution in [-0.4, -0.2) is 34.2 Å². The number of hydrogen-bond donors (Lipinski definition) is 0. The van der Waals surface area contributed by atoms with Crippen molar-refractivity contribution in [3.63, 3.8) is 0 Å². The molecule has 0 N–H and O–H groups in total. The van der Waals surface area contributed by atoms with E-state index in [-0.39, 0.29) is 12.5 Å². The van der Waals surface area contributed by atoms with Crippen LogP contribution in [0.4, 0.5) is 0 Å². The molecule has 0 fully saturated rings. The fraction of sp³-hybridized carbons (Fsp3) is 0.158. The number of benzene rings is 2. The number of para-hydroxylation sites is 1. The van der Waals surface area contributed by atoms with E-state index in [9.17, 15) is 4.79 Å². The molecule has 25 heavy (non-hydrogen) atoms. The number of hydrogen-bond acceptors (Lipinski definition) is 3. The second kappa shape index (κ2) is 7.98. The molecular weight excluding hydrogens is 382 g/mol. The Morgan fingerprint density at radius 1 is 1.20 bits per heavy atom. The molecular formula is C19H18BrN3O2. The number of aromatic nitrogens is 2. The Morgan fingerprint density at radius 2 is 2.00 bits per heavy atom. The molecule has 0 radical (unpaired) electrons. The third kappa shape index (κ3) is 4.70. The van der Waals surface area contributed by atoms with E-state index < -0.39 is 0 Å². The molecule has 3 rings (SSSR count). The highest BCUT2D eigenvalue weighted by Crippen LogP contribution is 2.17. The zero-order chi connectivity index (χ0) is 17.6. The van der Waals surface area contributed by atoms with E-state index in [2.05, 4.69) is 21.0 Å². The maximum absolute atomic E-state index is 12.2. The second-order valence-electron chi connectivity index (χ2n) is 5.62. The van der Waals surface area contributed by atoms with Gasteiger partial charge in [0.25, 0.3) is 5.91 Å². The van der Waals surface area contributed by atoms with Gasteiger partial charge in [-0.1, -0.05) is 40.2 Å². The maximum atomic E-state index is 12.2. The molecule has 0 aliphatic rings. The molecule has 1 aromatic heterocycles. The van der Waals surface area contributed by atoms with Gasteiger partial charge in [0.15, 0.2) is 6.61 Å². The largest absolute Gasteiger partial charge is 0.484 e. The predicted molar refractivity (Wildman–Crippen MR) is 99.7 cm³/mol. The average molecular weight is 400 g/mol. The lowest BCUT2D eigenvalue weighted by Gasteiger charge is -2.16. The van der Waals surface area contributed by atoms with Gasteiger partial charge < -0.3 is 9.64 Å². The van der Waals surface area contributed by atoms with E-state index in [0.717, 1.165) is 15.7 Å². The van der Waals surface area contributed by atoms with Gasteiger partial charge in [0.05, 0.1) is 11.9 Å². The Morgan fingerprint density at radius 3 is 2.76 bits per heavy atom. The highest BCUT2D eigenvalue weighted by Gasteiger charge is 2.12. The summed E-state index contributed by atoms with van der Waals surface area (Å²) in [6, 6.07) is 17.3. The Bertz CT molecular complexity index is 849. The third-order valence-electron chi connectivity index (χ3n) is 3.66. The van der Waals surface area contributed by atoms with Crippen molar-refractivity contribution < 1.29 is 9.53 Å². The number of nitrogens with zero attached hydrogens (tertiary/aromatic N) is 3. The molecule has 5 nitrogen and oxygen atoms in total. The van der Waals surface area contributed by atoms with Crippen LogP contribution in [0.3, 0.4) is 0 Å². The normalized spacial score (nSPS) is 10.5. The molecule has 0 bridgehead atoms. The van der Waals surface area contributed by atoms with E-state index in [4.69, 9.17) is 4.74 Å². The number of rotatable bonds is 6. The van der Waals surface area contributed by atoms with Crippen molar-refractivity contribution in [3.8, 4) is 11.4 Å². The number of amides is 1. The van der Waals surface area contributed by atoms with Crippen LogP contribution in [0, 0.1) is 0 Å². The first-order valence-electron chi connectivity index (χ1n) is 7.83. The lowest BCUT2D eigenvalue weighted by molar-refractivity contribution is -0.132. The summed E-state index contributed by atoms with van der Waals surface area (Å²) in [6.07, 6.45) is 3.69. The van der Waals surface area contributed by atoms with Crippen molar-refractivity contribution in [1.82, 2.24) is 14.7 Å². The molecule has 128 valence electrons. The predicted octanol–water partition coefficient (Wildman–Crippen LogP) is 3.67. The van der Waals surface area contributed by atoms with Crippen molar-refractivity contribution in [2.75, 3.05) is 13.7 Å². The summed E-state index contributed by atoms with van der Waals surface area (Å²) in [7, 11) is 1.76. The molecule has 0 spiro atoms. The van der Waals surface area contributed by atoms with Crippen molar-refractivity contribution >= 4 is 21.8 Å². The molecule has 0 saturated heterocycles. The van der Waals surface area contributed by atoms with Crippen LogP contribution in [-0.2, 0) is 11.3 Å². The van der Waals surface area contributed by atoms with E-state index in [1.54, 1.807) is 22.8 Å². The summed E-state index contributed by atoms with van der Waals surface area (Å²) >= 11 is 3.38. The third-order valence-corrected chi connectivity index (χ3v) is 4.15. The van der Waals surface area contributed by atoms with Crippen LogP contribution < -0.4 is 4.74 Å². The Hall–Kier alpha value is -2.60. The minimum Gasteiger partial charge on any atom is -0.484 e. The lowest BCUT2D eigenvalue weighted by atomic mass is 10.3. The summed E-state index contributed by atoms with van der Waals surface area (Å²) in [5.74, 6) is 0.570. The molecule has 0 saturated carbocycles. The van der Waals surface area contributed by atoms with Crippen LogP contribution >= 0.6 is 15.9 Å². The first-order chi connectivity index (χ1) is 12.1. The van der Waals surface area contributed by atoms with Gasteiger partial charge in [-0.2, -0.15) is 5.10 Å². The van der Waals surface area contributed by atoms with Gasteiger partial charge in [-0.25, -0.2) is 4.68 Å². The van der Waals surface area contributed by atoms with Crippen LogP contribution in [0.25, 0.3) is 5.69 Å². The zero-order valence-electron chi connectivity index (χ0n) is 13.8. The van der Waals surface area contributed by atoms with Crippen LogP contribution in [0.1, 0.15) is 5.56 Å². The van der Waals surface area contributed by atoms with Crippen molar-refractivity contribution in [3.05, 3.63) is 77.0 Å². The monoisotopic (exact) mass is 399 g/mol. The average Bonchev–Trinajstić information content (AvgIpc) is 3.09. The lowest BCUT2D eigenvalue weighted by Crippen LogP contribution is -2.30. The number of carbonyl (C=O) groups excluding carboxylic acids is 1. The van der Waals surface area contributed by atoms with Gasteiger partial charge in [-0.3, -0.25) is 4.79 Å². The summed E-state index contributed by atoms with van der Waals surface area (Å²) in [4.78, 5) is 13.9. The van der Waals surface area contributed by atoms with Crippen molar-refractivity contribution in [1.29, 1.82) is 0 Å². The fourth-order valence-electron chi connectivity index (χ4n) is 2.34. The van der Waals surface area contributed by atoms with Crippen LogP contribution in [0.5, 0.6) is 5.75 Å². The first-order valence-corrected chi connectivity index (χ1v) is 8.62. The van der Waals surface area contributed by atoms with Crippen LogP contribution in [0.15, 0.2) is 71.5 Å². The summed E-state index contributed by atoms with van der Waals surface area (Å²) in [6.45, 7) is 0.479. The van der Waals surface area contributed by atoms with Gasteiger partial charge in [0, 0.05) is 29.8 Å². The number of ether oxygens (including phenoxy) is 1. The molecule has 2 aromatic carbocycles. The van der Waals surface area contributed by atoms with Crippen molar-refractivity contribution in [2.24, 2.45) is 0 Å². The number of carbonyl (C=O) groups is 1. The summed E-state index contributed by atoms with van der Waals surface area (Å²) in [5.41, 5.74) is 1.95. The van der Waals surface area contributed by atoms with Gasteiger partial charge >= 0.3 is 0 Å². The van der Waals surface area contributed by atoms with E-state index in [0.29, 0.717) is 12.3 Å². The molecule has 3 aromatic rings. The van der Waals surface area contributed by atoms with Crippen LogP contribution in [0.2, 0.25) is 0 Å². The van der Waals surface area contributed by atoms with Gasteiger partial charge in [0.1, 0.15) is 5.75 Å². The molecule has 0 aliphatic heterocycles. The Kier molecular flexibility index (Phi) is 5.50. The van der Waals surface area contributed by atoms with Gasteiger partial charge in [-0.15, -0.1) is 0 Å². The fourth-order valence-corrected chi connectivity index (χ4v) is 2.72. The van der Waals surface area contributed by atoms with E-state index >= 15 is 0 Å². The standard InChI is InChI=1S/C19H18BrN3O2/c1-22(19(24)14-25-18-9-5-6-16(20)10-18)12-15-11-21-23(13-15)17-7-3-2-4-8-17/h2-11,13H,12,14H2,1H3. The molecule has 1 heterocycles.